The zero-order valence-electron chi connectivity index (χ0n) is 4.59. The maximum absolute atomic E-state index is 5.27. The van der Waals surface area contributed by atoms with Crippen molar-refractivity contribution in [1.29, 1.82) is 0 Å². The first-order valence-corrected chi connectivity index (χ1v) is 2.61. The van der Waals surface area contributed by atoms with Gasteiger partial charge >= 0.3 is 0 Å². The Hall–Kier alpha value is -0.830. The molecule has 1 aromatic heterocycles. The van der Waals surface area contributed by atoms with Gasteiger partial charge in [0.15, 0.2) is 0 Å². The second-order valence-corrected chi connectivity index (χ2v) is 1.62. The third kappa shape index (κ3) is 1.07. The van der Waals surface area contributed by atoms with Crippen molar-refractivity contribution in [3.05, 3.63) is 18.2 Å². The van der Waals surface area contributed by atoms with Crippen LogP contribution in [0.4, 0.5) is 0 Å². The van der Waals surface area contributed by atoms with Crippen LogP contribution in [0.1, 0.15) is 5.69 Å². The number of aromatic amines is 1. The van der Waals surface area contributed by atoms with Crippen molar-refractivity contribution < 1.29 is 0 Å². The van der Waals surface area contributed by atoms with Gasteiger partial charge in [0, 0.05) is 18.3 Å². The maximum atomic E-state index is 5.27. The Balaban J connectivity index is 2.50. The van der Waals surface area contributed by atoms with Gasteiger partial charge in [0.2, 0.25) is 0 Å². The normalized spacial score (nSPS) is 9.62. The van der Waals surface area contributed by atoms with Crippen molar-refractivity contribution in [1.82, 2.24) is 9.97 Å². The summed E-state index contributed by atoms with van der Waals surface area (Å²) in [5, 5.41) is 0. The fourth-order valence-corrected chi connectivity index (χ4v) is 0.577. The lowest BCUT2D eigenvalue weighted by molar-refractivity contribution is 0.935. The molecule has 0 aliphatic rings. The molecule has 0 aliphatic heterocycles. The molecule has 0 spiro atoms. The predicted octanol–water partition coefficient (Wildman–Crippen LogP) is -0.0891. The van der Waals surface area contributed by atoms with E-state index in [2.05, 4.69) is 9.97 Å². The van der Waals surface area contributed by atoms with Crippen LogP contribution in [0.5, 0.6) is 0 Å². The predicted molar refractivity (Wildman–Crippen MR) is 31.3 cm³/mol. The van der Waals surface area contributed by atoms with Gasteiger partial charge in [0.25, 0.3) is 0 Å². The highest BCUT2D eigenvalue weighted by Gasteiger charge is 1.86. The van der Waals surface area contributed by atoms with Gasteiger partial charge in [-0.05, 0) is 6.54 Å². The van der Waals surface area contributed by atoms with E-state index in [1.807, 2.05) is 0 Å². The van der Waals surface area contributed by atoms with Gasteiger partial charge in [-0.15, -0.1) is 0 Å². The summed E-state index contributed by atoms with van der Waals surface area (Å²) in [7, 11) is 0. The van der Waals surface area contributed by atoms with Crippen LogP contribution in [0, 0.1) is 0 Å². The van der Waals surface area contributed by atoms with Gasteiger partial charge in [-0.1, -0.05) is 0 Å². The number of hydrogen-bond donors (Lipinski definition) is 2. The molecule has 0 fully saturated rings. The molecule has 1 rings (SSSR count). The molecule has 1 aromatic rings. The van der Waals surface area contributed by atoms with Crippen LogP contribution < -0.4 is 5.73 Å². The molecule has 8 heavy (non-hydrogen) atoms. The Bertz CT molecular complexity index is 133. The number of nitrogens with two attached hydrogens (primary N) is 1. The van der Waals surface area contributed by atoms with E-state index in [4.69, 9.17) is 5.73 Å². The van der Waals surface area contributed by atoms with Crippen LogP contribution in [-0.2, 0) is 6.42 Å². The van der Waals surface area contributed by atoms with Gasteiger partial charge in [0.05, 0.1) is 6.33 Å². The van der Waals surface area contributed by atoms with Crippen LogP contribution in [0.15, 0.2) is 12.5 Å². The van der Waals surface area contributed by atoms with E-state index >= 15 is 0 Å². The highest BCUT2D eigenvalue weighted by atomic mass is 15.2. The summed E-state index contributed by atoms with van der Waals surface area (Å²) < 4.78 is 0. The van der Waals surface area contributed by atoms with Crippen molar-refractivity contribution in [3.63, 3.8) is 0 Å². The number of nitrogens with zero attached hydrogens (tertiary/aromatic N) is 1. The topological polar surface area (TPSA) is 54.7 Å². The SMILES string of the molecule is N[13CH2][13CH2][13c]1[13cH]n[13cH][nH]1. The lowest BCUT2D eigenvalue weighted by Crippen LogP contribution is -2.02. The largest absolute Gasteiger partial charge is 0.348 e. The van der Waals surface area contributed by atoms with Crippen LogP contribution in [-0.4, -0.2) is 16.5 Å². The average molecular weight is 116 g/mol. The van der Waals surface area contributed by atoms with Crippen LogP contribution >= 0.6 is 0 Å². The number of hydrogen-bond acceptors (Lipinski definition) is 2. The van der Waals surface area contributed by atoms with Gasteiger partial charge in [-0.3, -0.25) is 0 Å². The lowest BCUT2D eigenvalue weighted by Gasteiger charge is -1.86. The van der Waals surface area contributed by atoms with E-state index in [1.165, 1.54) is 0 Å². The molecule has 0 amide bonds. The summed E-state index contributed by atoms with van der Waals surface area (Å²) in [5.41, 5.74) is 6.38. The van der Waals surface area contributed by atoms with Crippen molar-refractivity contribution in [2.24, 2.45) is 5.73 Å². The molecular weight excluding hydrogens is 107 g/mol. The first-order valence-electron chi connectivity index (χ1n) is 2.61. The fraction of sp³-hybridized carbons (Fsp3) is 0.400. The first kappa shape index (κ1) is 5.31. The first-order chi connectivity index (χ1) is 3.93. The minimum Gasteiger partial charge on any atom is -0.348 e. The summed E-state index contributed by atoms with van der Waals surface area (Å²) in [6.45, 7) is 0.683. The molecule has 3 N–H and O–H groups in total. The minimum absolute atomic E-state index is 0.683. The van der Waals surface area contributed by atoms with Crippen LogP contribution in [0.2, 0.25) is 0 Å². The van der Waals surface area contributed by atoms with Crippen LogP contribution in [0.25, 0.3) is 0 Å². The second kappa shape index (κ2) is 2.47. The lowest BCUT2D eigenvalue weighted by atomic mass is 11.3. The molecule has 1 heterocycles. The smallest absolute Gasteiger partial charge is 0.0921 e. The van der Waals surface area contributed by atoms with Crippen molar-refractivity contribution >= 4 is 0 Å². The fourth-order valence-electron chi connectivity index (χ4n) is 0.577. The Morgan fingerprint density at radius 1 is 1.75 bits per heavy atom. The van der Waals surface area contributed by atoms with Crippen molar-refractivity contribution in [2.75, 3.05) is 6.54 Å². The highest BCUT2D eigenvalue weighted by molar-refractivity contribution is 4.93. The Kier molecular flexibility index (Phi) is 1.64. The molecule has 3 nitrogen and oxygen atoms in total. The van der Waals surface area contributed by atoms with Crippen molar-refractivity contribution in [3.8, 4) is 0 Å². The number of aromatic nitrogens is 2. The third-order valence-electron chi connectivity index (χ3n) is 0.969. The summed E-state index contributed by atoms with van der Waals surface area (Å²) >= 11 is 0. The summed E-state index contributed by atoms with van der Waals surface area (Å²) in [4.78, 5) is 6.78. The molecule has 0 radical (unpaired) electrons. The molecule has 0 unspecified atom stereocenters. The number of H-pyrrole nitrogens is 1. The van der Waals surface area contributed by atoms with Gasteiger partial charge in [-0.2, -0.15) is 0 Å². The Morgan fingerprint density at radius 3 is 3.12 bits per heavy atom. The second-order valence-electron chi connectivity index (χ2n) is 1.62. The minimum atomic E-state index is 0.683. The third-order valence-corrected chi connectivity index (χ3v) is 0.969. The molecule has 0 bridgehead atoms. The maximum Gasteiger partial charge on any atom is 0.0921 e. The molecule has 3 heteroatoms. The zero-order valence-corrected chi connectivity index (χ0v) is 4.59. The Labute approximate surface area is 47.9 Å². The van der Waals surface area contributed by atoms with Gasteiger partial charge in [-0.25, -0.2) is 4.98 Å². The summed E-state index contributed by atoms with van der Waals surface area (Å²) in [6, 6.07) is 0. The highest BCUT2D eigenvalue weighted by Crippen LogP contribution is 1.88. The summed E-state index contributed by atoms with van der Waals surface area (Å²) in [6.07, 6.45) is 4.33. The number of imidazole rings is 1. The standard InChI is InChI=1S/C5H9N3/c6-2-1-5-3-7-4-8-5/h3-4H,1-2,6H2,(H,7,8)/i1+1,2+1,3+1,4+1,5+1. The number of rotatable bonds is 2. The van der Waals surface area contributed by atoms with Crippen LogP contribution in [0.3, 0.4) is 0 Å². The molecule has 0 aromatic carbocycles. The average Bonchev–Trinajstić information content (AvgIpc) is 2.19. The number of nitrogens with one attached hydrogen (secondary N) is 1. The zero-order chi connectivity index (χ0) is 5.82. The van der Waals surface area contributed by atoms with E-state index in [-0.39, 0.29) is 0 Å². The van der Waals surface area contributed by atoms with E-state index in [9.17, 15) is 0 Å². The molecule has 0 aliphatic carbocycles. The van der Waals surface area contributed by atoms with Gasteiger partial charge < -0.3 is 10.7 Å². The van der Waals surface area contributed by atoms with E-state index in [0.29, 0.717) is 6.54 Å². The Morgan fingerprint density at radius 2 is 2.62 bits per heavy atom. The van der Waals surface area contributed by atoms with Gasteiger partial charge in [0.1, 0.15) is 0 Å². The van der Waals surface area contributed by atoms with E-state index in [0.717, 1.165) is 12.1 Å². The molecule has 0 saturated heterocycles. The molecule has 0 atom stereocenters. The molecule has 44 valence electrons. The molecule has 0 saturated carbocycles. The monoisotopic (exact) mass is 116 g/mol. The van der Waals surface area contributed by atoms with Crippen molar-refractivity contribution in [2.45, 2.75) is 6.42 Å². The quantitative estimate of drug-likeness (QED) is 0.530. The van der Waals surface area contributed by atoms with E-state index in [1.54, 1.807) is 12.5 Å². The molecular formula is C5H9N3. The summed E-state index contributed by atoms with van der Waals surface area (Å²) in [5.74, 6) is 0. The van der Waals surface area contributed by atoms with E-state index < -0.39 is 0 Å².